The Morgan fingerprint density at radius 3 is 2.54 bits per heavy atom. The maximum absolute atomic E-state index is 10.5. The molecule has 2 rings (SSSR count). The van der Waals surface area contributed by atoms with Gasteiger partial charge in [0, 0.05) is 5.39 Å². The van der Waals surface area contributed by atoms with E-state index in [0.717, 1.165) is 28.4 Å². The van der Waals surface area contributed by atoms with Crippen molar-refractivity contribution in [2.75, 3.05) is 0 Å². The molecule has 1 aromatic carbocycles. The molecule has 0 unspecified atom stereocenters. The van der Waals surface area contributed by atoms with Gasteiger partial charge in [0.25, 0.3) is 0 Å². The van der Waals surface area contributed by atoms with Gasteiger partial charge in [-0.3, -0.25) is 4.79 Å². The predicted octanol–water partition coefficient (Wildman–Crippen LogP) is 2.86. The van der Waals surface area contributed by atoms with Crippen LogP contribution in [-0.4, -0.2) is 6.29 Å². The maximum atomic E-state index is 10.5. The summed E-state index contributed by atoms with van der Waals surface area (Å²) in [5.74, 6) is 0.396. The van der Waals surface area contributed by atoms with Gasteiger partial charge in [0.05, 0.1) is 0 Å². The average Bonchev–Trinajstić information content (AvgIpc) is 2.56. The summed E-state index contributed by atoms with van der Waals surface area (Å²) in [5, 5.41) is 1.03. The van der Waals surface area contributed by atoms with E-state index >= 15 is 0 Å². The molecule has 0 amide bonds. The number of fused-ring (bicyclic) bond motifs is 1. The molecule has 1 heterocycles. The Morgan fingerprint density at radius 1 is 1.23 bits per heavy atom. The summed E-state index contributed by atoms with van der Waals surface area (Å²) >= 11 is 0. The molecule has 0 saturated carbocycles. The molecule has 0 N–H and O–H groups in total. The van der Waals surface area contributed by atoms with Crippen molar-refractivity contribution in [3.05, 3.63) is 35.1 Å². The number of hydrogen-bond donors (Lipinski definition) is 0. The van der Waals surface area contributed by atoms with E-state index in [1.807, 2.05) is 26.0 Å². The topological polar surface area (TPSA) is 30.2 Å². The highest BCUT2D eigenvalue weighted by molar-refractivity contribution is 5.89. The summed E-state index contributed by atoms with van der Waals surface area (Å²) in [5.41, 5.74) is 3.02. The Bertz CT molecular complexity index is 427. The molecular weight excluding hydrogens is 164 g/mol. The Morgan fingerprint density at radius 2 is 1.92 bits per heavy atom. The molecule has 0 aliphatic rings. The van der Waals surface area contributed by atoms with E-state index in [2.05, 4.69) is 0 Å². The number of aldehydes is 1. The van der Waals surface area contributed by atoms with E-state index in [1.165, 1.54) is 0 Å². The molecule has 0 fully saturated rings. The van der Waals surface area contributed by atoms with Crippen LogP contribution in [0.1, 0.15) is 21.7 Å². The molecule has 13 heavy (non-hydrogen) atoms. The summed E-state index contributed by atoms with van der Waals surface area (Å²) in [7, 11) is 0. The minimum atomic E-state index is 0.396. The summed E-state index contributed by atoms with van der Waals surface area (Å²) in [4.78, 5) is 10.5. The maximum Gasteiger partial charge on any atom is 0.185 e. The third-order valence-electron chi connectivity index (χ3n) is 2.23. The van der Waals surface area contributed by atoms with Crippen molar-refractivity contribution in [2.45, 2.75) is 13.8 Å². The normalized spacial score (nSPS) is 10.6. The molecule has 0 radical (unpaired) electrons. The molecular formula is C11H10O2. The van der Waals surface area contributed by atoms with Crippen LogP contribution in [0.2, 0.25) is 0 Å². The van der Waals surface area contributed by atoms with Gasteiger partial charge in [-0.05, 0) is 31.0 Å². The van der Waals surface area contributed by atoms with Crippen LogP contribution in [0.15, 0.2) is 22.6 Å². The average molecular weight is 174 g/mol. The highest BCUT2D eigenvalue weighted by atomic mass is 16.3. The lowest BCUT2D eigenvalue weighted by atomic mass is 10.1. The van der Waals surface area contributed by atoms with Gasteiger partial charge in [-0.25, -0.2) is 0 Å². The van der Waals surface area contributed by atoms with Gasteiger partial charge < -0.3 is 4.42 Å². The van der Waals surface area contributed by atoms with Crippen molar-refractivity contribution in [1.29, 1.82) is 0 Å². The molecule has 0 atom stereocenters. The van der Waals surface area contributed by atoms with Crippen LogP contribution in [-0.2, 0) is 0 Å². The smallest absolute Gasteiger partial charge is 0.185 e. The first kappa shape index (κ1) is 8.05. The van der Waals surface area contributed by atoms with Gasteiger partial charge in [0.1, 0.15) is 5.58 Å². The first-order chi connectivity index (χ1) is 6.22. The molecule has 0 aliphatic carbocycles. The number of carbonyl (C=O) groups excluding carboxylic acids is 1. The number of benzene rings is 1. The van der Waals surface area contributed by atoms with Crippen molar-refractivity contribution in [1.82, 2.24) is 0 Å². The van der Waals surface area contributed by atoms with Crippen molar-refractivity contribution in [2.24, 2.45) is 0 Å². The largest absolute Gasteiger partial charge is 0.453 e. The minimum absolute atomic E-state index is 0.396. The van der Waals surface area contributed by atoms with Crippen molar-refractivity contribution in [3.63, 3.8) is 0 Å². The number of carbonyl (C=O) groups is 1. The van der Waals surface area contributed by atoms with Gasteiger partial charge >= 0.3 is 0 Å². The zero-order chi connectivity index (χ0) is 9.42. The number of rotatable bonds is 1. The monoisotopic (exact) mass is 174 g/mol. The van der Waals surface area contributed by atoms with E-state index < -0.39 is 0 Å². The highest BCUT2D eigenvalue weighted by Gasteiger charge is 2.06. The van der Waals surface area contributed by atoms with E-state index in [1.54, 1.807) is 6.07 Å². The van der Waals surface area contributed by atoms with Crippen molar-refractivity contribution >= 4 is 17.3 Å². The van der Waals surface area contributed by atoms with Gasteiger partial charge in [0.15, 0.2) is 12.0 Å². The lowest BCUT2D eigenvalue weighted by Gasteiger charge is -1.96. The van der Waals surface area contributed by atoms with Crippen LogP contribution >= 0.6 is 0 Å². The molecule has 0 aliphatic heterocycles. The number of furan rings is 1. The lowest BCUT2D eigenvalue weighted by molar-refractivity contribution is 0.110. The molecule has 2 aromatic rings. The predicted molar refractivity (Wildman–Crippen MR) is 51.1 cm³/mol. The fourth-order valence-corrected chi connectivity index (χ4v) is 1.47. The molecule has 66 valence electrons. The van der Waals surface area contributed by atoms with Crippen molar-refractivity contribution in [3.8, 4) is 0 Å². The third kappa shape index (κ3) is 1.15. The summed E-state index contributed by atoms with van der Waals surface area (Å²) in [6.45, 7) is 3.98. The van der Waals surface area contributed by atoms with Crippen LogP contribution in [0.3, 0.4) is 0 Å². The zero-order valence-electron chi connectivity index (χ0n) is 7.63. The van der Waals surface area contributed by atoms with Crippen LogP contribution < -0.4 is 0 Å². The van der Waals surface area contributed by atoms with Crippen LogP contribution in [0.4, 0.5) is 0 Å². The second kappa shape index (κ2) is 2.73. The van der Waals surface area contributed by atoms with Gasteiger partial charge in [-0.1, -0.05) is 12.1 Å². The highest BCUT2D eigenvalue weighted by Crippen LogP contribution is 2.24. The van der Waals surface area contributed by atoms with E-state index in [9.17, 15) is 4.79 Å². The Balaban J connectivity index is 2.87. The fraction of sp³-hybridized carbons (Fsp3) is 0.182. The number of hydrogen-bond acceptors (Lipinski definition) is 2. The second-order valence-corrected chi connectivity index (χ2v) is 3.21. The quantitative estimate of drug-likeness (QED) is 0.622. The first-order valence-electron chi connectivity index (χ1n) is 4.17. The summed E-state index contributed by atoms with van der Waals surface area (Å²) < 4.78 is 5.36. The third-order valence-corrected chi connectivity index (χ3v) is 2.23. The van der Waals surface area contributed by atoms with Gasteiger partial charge in [-0.2, -0.15) is 0 Å². The molecule has 1 aromatic heterocycles. The SMILES string of the molecule is Cc1ccc(C)c2oc(C=O)cc12. The molecule has 0 bridgehead atoms. The second-order valence-electron chi connectivity index (χ2n) is 3.21. The van der Waals surface area contributed by atoms with Crippen molar-refractivity contribution < 1.29 is 9.21 Å². The number of aryl methyl sites for hydroxylation is 2. The fourth-order valence-electron chi connectivity index (χ4n) is 1.47. The minimum Gasteiger partial charge on any atom is -0.453 e. The molecule has 2 heteroatoms. The standard InChI is InChI=1S/C11H10O2/c1-7-3-4-8(2)11-10(7)5-9(6-12)13-11/h3-6H,1-2H3. The molecule has 2 nitrogen and oxygen atoms in total. The van der Waals surface area contributed by atoms with Gasteiger partial charge in [0.2, 0.25) is 0 Å². The summed E-state index contributed by atoms with van der Waals surface area (Å²) in [6.07, 6.45) is 0.735. The van der Waals surface area contributed by atoms with Crippen LogP contribution in [0.25, 0.3) is 11.0 Å². The lowest BCUT2D eigenvalue weighted by Crippen LogP contribution is -1.76. The van der Waals surface area contributed by atoms with E-state index in [4.69, 9.17) is 4.42 Å². The zero-order valence-corrected chi connectivity index (χ0v) is 7.63. The van der Waals surface area contributed by atoms with Crippen LogP contribution in [0, 0.1) is 13.8 Å². The Labute approximate surface area is 76.2 Å². The van der Waals surface area contributed by atoms with E-state index in [-0.39, 0.29) is 0 Å². The molecule has 0 saturated heterocycles. The first-order valence-corrected chi connectivity index (χ1v) is 4.17. The Hall–Kier alpha value is -1.57. The van der Waals surface area contributed by atoms with Gasteiger partial charge in [-0.15, -0.1) is 0 Å². The molecule has 0 spiro atoms. The summed E-state index contributed by atoms with van der Waals surface area (Å²) in [6, 6.07) is 5.81. The van der Waals surface area contributed by atoms with Crippen LogP contribution in [0.5, 0.6) is 0 Å². The van der Waals surface area contributed by atoms with E-state index in [0.29, 0.717) is 5.76 Å². The Kier molecular flexibility index (Phi) is 1.69.